The molecule has 19 heavy (non-hydrogen) atoms. The van der Waals surface area contributed by atoms with E-state index in [-0.39, 0.29) is 11.5 Å². The minimum Gasteiger partial charge on any atom is -0.398 e. The van der Waals surface area contributed by atoms with Crippen molar-refractivity contribution in [3.05, 3.63) is 41.5 Å². The first-order valence-corrected chi connectivity index (χ1v) is 5.73. The van der Waals surface area contributed by atoms with Crippen molar-refractivity contribution in [2.24, 2.45) is 0 Å². The van der Waals surface area contributed by atoms with Crippen molar-refractivity contribution in [2.75, 3.05) is 5.73 Å². The summed E-state index contributed by atoms with van der Waals surface area (Å²) in [5.74, 6) is -0.314. The molecule has 1 aromatic heterocycles. The molecule has 7 nitrogen and oxygen atoms in total. The van der Waals surface area contributed by atoms with Crippen LogP contribution >= 0.6 is 0 Å². The molecule has 0 aliphatic carbocycles. The van der Waals surface area contributed by atoms with Crippen LogP contribution in [0.4, 0.5) is 5.69 Å². The molecular weight excluding hydrogens is 246 g/mol. The number of imide groups is 1. The van der Waals surface area contributed by atoms with Crippen LogP contribution in [0.25, 0.3) is 0 Å². The molecule has 0 fully saturated rings. The Morgan fingerprint density at radius 3 is 2.74 bits per heavy atom. The van der Waals surface area contributed by atoms with Gasteiger partial charge in [-0.15, -0.1) is 0 Å². The number of aromatic amines is 1. The molecule has 1 aliphatic rings. The minimum absolute atomic E-state index is 0.263. The van der Waals surface area contributed by atoms with Crippen molar-refractivity contribution in [3.63, 3.8) is 0 Å². The fourth-order valence-electron chi connectivity index (χ4n) is 2.22. The molecule has 96 valence electrons. The van der Waals surface area contributed by atoms with Crippen LogP contribution in [0.1, 0.15) is 39.5 Å². The van der Waals surface area contributed by atoms with E-state index in [0.29, 0.717) is 17.1 Å². The zero-order valence-corrected chi connectivity index (χ0v) is 10.1. The molecule has 0 bridgehead atoms. The van der Waals surface area contributed by atoms with E-state index < -0.39 is 11.9 Å². The van der Waals surface area contributed by atoms with E-state index >= 15 is 0 Å². The van der Waals surface area contributed by atoms with E-state index in [2.05, 4.69) is 15.2 Å². The first-order chi connectivity index (χ1) is 9.11. The van der Waals surface area contributed by atoms with Crippen molar-refractivity contribution >= 4 is 17.5 Å². The number of hydrogen-bond donors (Lipinski definition) is 2. The van der Waals surface area contributed by atoms with Crippen molar-refractivity contribution in [2.45, 2.75) is 13.0 Å². The quantitative estimate of drug-likeness (QED) is 0.610. The Kier molecular flexibility index (Phi) is 2.34. The average Bonchev–Trinajstić information content (AvgIpc) is 2.98. The molecule has 2 heterocycles. The van der Waals surface area contributed by atoms with Gasteiger partial charge in [0.15, 0.2) is 0 Å². The first-order valence-electron chi connectivity index (χ1n) is 5.73. The number of nitrogens with two attached hydrogens (primary N) is 1. The molecule has 3 rings (SSSR count). The monoisotopic (exact) mass is 257 g/mol. The second-order valence-electron chi connectivity index (χ2n) is 4.30. The molecule has 1 aromatic carbocycles. The Hall–Kier alpha value is -2.70. The predicted octanol–water partition coefficient (Wildman–Crippen LogP) is 0.744. The molecule has 1 unspecified atom stereocenters. The normalized spacial score (nSPS) is 15.7. The highest BCUT2D eigenvalue weighted by atomic mass is 16.2. The summed E-state index contributed by atoms with van der Waals surface area (Å²) < 4.78 is 0. The van der Waals surface area contributed by atoms with Gasteiger partial charge in [0.05, 0.1) is 17.2 Å². The summed E-state index contributed by atoms with van der Waals surface area (Å²) in [6, 6.07) is 4.34. The van der Waals surface area contributed by atoms with Crippen LogP contribution < -0.4 is 5.73 Å². The Morgan fingerprint density at radius 2 is 2.11 bits per heavy atom. The van der Waals surface area contributed by atoms with Crippen LogP contribution in [0.2, 0.25) is 0 Å². The third-order valence-corrected chi connectivity index (χ3v) is 3.20. The number of nitrogen functional groups attached to an aromatic ring is 1. The number of anilines is 1. The van der Waals surface area contributed by atoms with Crippen LogP contribution in [-0.2, 0) is 0 Å². The Bertz CT molecular complexity index is 665. The maximum atomic E-state index is 12.3. The van der Waals surface area contributed by atoms with Crippen LogP contribution in [0, 0.1) is 0 Å². The predicted molar refractivity (Wildman–Crippen MR) is 66.2 cm³/mol. The number of amides is 2. The average molecular weight is 257 g/mol. The fraction of sp³-hybridized carbons (Fsp3) is 0.167. The van der Waals surface area contributed by atoms with Gasteiger partial charge in [0.25, 0.3) is 11.8 Å². The summed E-state index contributed by atoms with van der Waals surface area (Å²) in [6.45, 7) is 1.71. The Labute approximate surface area is 108 Å². The number of H-pyrrole nitrogens is 1. The highest BCUT2D eigenvalue weighted by molar-refractivity contribution is 6.23. The Morgan fingerprint density at radius 1 is 1.32 bits per heavy atom. The van der Waals surface area contributed by atoms with E-state index in [9.17, 15) is 9.59 Å². The molecular formula is C12H11N5O2. The third-order valence-electron chi connectivity index (χ3n) is 3.20. The zero-order valence-electron chi connectivity index (χ0n) is 10.1. The van der Waals surface area contributed by atoms with Crippen molar-refractivity contribution in [1.29, 1.82) is 0 Å². The van der Waals surface area contributed by atoms with Gasteiger partial charge in [-0.05, 0) is 19.1 Å². The number of nitrogens with one attached hydrogen (secondary N) is 1. The number of benzene rings is 1. The highest BCUT2D eigenvalue weighted by Crippen LogP contribution is 2.32. The summed E-state index contributed by atoms with van der Waals surface area (Å²) in [6.07, 6.45) is 1.33. The van der Waals surface area contributed by atoms with E-state index in [4.69, 9.17) is 5.73 Å². The Balaban J connectivity index is 2.06. The lowest BCUT2D eigenvalue weighted by molar-refractivity contribution is 0.0589. The minimum atomic E-state index is -0.519. The van der Waals surface area contributed by atoms with Crippen LogP contribution in [0.3, 0.4) is 0 Å². The van der Waals surface area contributed by atoms with E-state index in [0.717, 1.165) is 4.90 Å². The lowest BCUT2D eigenvalue weighted by atomic mass is 10.1. The SMILES string of the molecule is CC(c1ncn[nH]1)N1C(=O)c2cccc(N)c2C1=O. The first kappa shape index (κ1) is 11.4. The van der Waals surface area contributed by atoms with Gasteiger partial charge in [0.2, 0.25) is 0 Å². The number of carbonyl (C=O) groups excluding carboxylic acids is 2. The fourth-order valence-corrected chi connectivity index (χ4v) is 2.22. The van der Waals surface area contributed by atoms with Crippen molar-refractivity contribution in [3.8, 4) is 0 Å². The van der Waals surface area contributed by atoms with Crippen LogP contribution in [0.5, 0.6) is 0 Å². The van der Waals surface area contributed by atoms with Gasteiger partial charge in [-0.2, -0.15) is 5.10 Å². The molecule has 0 radical (unpaired) electrons. The zero-order chi connectivity index (χ0) is 13.6. The topological polar surface area (TPSA) is 105 Å². The summed E-state index contributed by atoms with van der Waals surface area (Å²) in [7, 11) is 0. The van der Waals surface area contributed by atoms with Crippen LogP contribution in [0.15, 0.2) is 24.5 Å². The molecule has 0 saturated heterocycles. The van der Waals surface area contributed by atoms with Gasteiger partial charge >= 0.3 is 0 Å². The molecule has 2 amide bonds. The van der Waals surface area contributed by atoms with Gasteiger partial charge < -0.3 is 5.73 Å². The van der Waals surface area contributed by atoms with Gasteiger partial charge in [0, 0.05) is 5.69 Å². The standard InChI is InChI=1S/C12H11N5O2/c1-6(10-14-5-15-16-10)17-11(18)7-3-2-4-8(13)9(7)12(17)19/h2-6H,13H2,1H3,(H,14,15,16). The molecule has 2 aromatic rings. The lowest BCUT2D eigenvalue weighted by Crippen LogP contribution is -2.33. The molecule has 0 spiro atoms. The number of fused-ring (bicyclic) bond motifs is 1. The second kappa shape index (κ2) is 3.91. The number of nitrogens with zero attached hydrogens (tertiary/aromatic N) is 3. The van der Waals surface area contributed by atoms with E-state index in [1.54, 1.807) is 25.1 Å². The molecule has 1 aliphatic heterocycles. The lowest BCUT2D eigenvalue weighted by Gasteiger charge is -2.20. The largest absolute Gasteiger partial charge is 0.398 e. The maximum absolute atomic E-state index is 12.3. The third kappa shape index (κ3) is 1.51. The van der Waals surface area contributed by atoms with Gasteiger partial charge in [-0.3, -0.25) is 19.6 Å². The number of rotatable bonds is 2. The summed E-state index contributed by atoms with van der Waals surface area (Å²) in [4.78, 5) is 29.7. The number of carbonyl (C=O) groups is 2. The molecule has 1 atom stereocenters. The maximum Gasteiger partial charge on any atom is 0.264 e. The van der Waals surface area contributed by atoms with Gasteiger partial charge in [-0.25, -0.2) is 4.98 Å². The molecule has 0 saturated carbocycles. The smallest absolute Gasteiger partial charge is 0.264 e. The van der Waals surface area contributed by atoms with E-state index in [1.165, 1.54) is 6.33 Å². The van der Waals surface area contributed by atoms with Gasteiger partial charge in [0.1, 0.15) is 12.2 Å². The van der Waals surface area contributed by atoms with Gasteiger partial charge in [-0.1, -0.05) is 6.07 Å². The van der Waals surface area contributed by atoms with E-state index in [1.807, 2.05) is 0 Å². The van der Waals surface area contributed by atoms with Crippen molar-refractivity contribution < 1.29 is 9.59 Å². The molecule has 7 heteroatoms. The number of hydrogen-bond acceptors (Lipinski definition) is 5. The summed E-state index contributed by atoms with van der Waals surface area (Å²) in [5.41, 5.74) is 6.67. The summed E-state index contributed by atoms with van der Waals surface area (Å²) >= 11 is 0. The molecule has 3 N–H and O–H groups in total. The summed E-state index contributed by atoms with van der Waals surface area (Å²) in [5, 5.41) is 6.38. The number of aromatic nitrogens is 3. The van der Waals surface area contributed by atoms with Crippen LogP contribution in [-0.4, -0.2) is 31.9 Å². The van der Waals surface area contributed by atoms with Crippen molar-refractivity contribution in [1.82, 2.24) is 20.1 Å². The second-order valence-corrected chi connectivity index (χ2v) is 4.30. The highest BCUT2D eigenvalue weighted by Gasteiger charge is 2.40.